The van der Waals surface area contributed by atoms with Crippen LogP contribution in [0.25, 0.3) is 0 Å². The Balaban J connectivity index is 2.02. The van der Waals surface area contributed by atoms with Gasteiger partial charge in [-0.05, 0) is 44.0 Å². The molecule has 0 radical (unpaired) electrons. The van der Waals surface area contributed by atoms with E-state index in [-0.39, 0.29) is 17.7 Å². The van der Waals surface area contributed by atoms with Crippen LogP contribution < -0.4 is 4.74 Å². The minimum absolute atomic E-state index is 0.133. The third-order valence-electron chi connectivity index (χ3n) is 3.99. The van der Waals surface area contributed by atoms with Gasteiger partial charge in [0.15, 0.2) is 11.5 Å². The van der Waals surface area contributed by atoms with E-state index in [9.17, 15) is 9.90 Å². The Morgan fingerprint density at radius 2 is 2.25 bits per heavy atom. The number of ether oxygens (including phenoxy) is 1. The van der Waals surface area contributed by atoms with Gasteiger partial charge in [-0.2, -0.15) is 0 Å². The van der Waals surface area contributed by atoms with E-state index in [1.54, 1.807) is 6.07 Å². The van der Waals surface area contributed by atoms with Crippen molar-refractivity contribution in [3.63, 3.8) is 0 Å². The second kappa shape index (κ2) is 6.13. The maximum absolute atomic E-state index is 11.0. The van der Waals surface area contributed by atoms with Crippen LogP contribution in [0, 0.1) is 5.92 Å². The first-order valence-corrected chi connectivity index (χ1v) is 6.84. The Kier molecular flexibility index (Phi) is 4.49. The smallest absolute Gasteiger partial charge is 0.306 e. The molecule has 0 amide bonds. The summed E-state index contributed by atoms with van der Waals surface area (Å²) in [5.74, 6) is -0.317. The van der Waals surface area contributed by atoms with E-state index in [2.05, 4.69) is 11.8 Å². The predicted molar refractivity (Wildman–Crippen MR) is 74.9 cm³/mol. The number of likely N-dealkylation sites (tertiary alicyclic amines) is 1. The lowest BCUT2D eigenvalue weighted by Gasteiger charge is -2.36. The molecule has 5 nitrogen and oxygen atoms in total. The number of piperidine rings is 1. The molecule has 0 aromatic heterocycles. The van der Waals surface area contributed by atoms with Crippen LogP contribution in [-0.2, 0) is 11.3 Å². The Hall–Kier alpha value is -1.75. The number of phenolic OH excluding ortho intramolecular Hbond substituents is 1. The fourth-order valence-electron chi connectivity index (χ4n) is 2.73. The lowest BCUT2D eigenvalue weighted by molar-refractivity contribution is -0.144. The monoisotopic (exact) mass is 279 g/mol. The second-order valence-corrected chi connectivity index (χ2v) is 5.39. The minimum Gasteiger partial charge on any atom is -0.504 e. The first-order valence-electron chi connectivity index (χ1n) is 6.84. The number of hydrogen-bond acceptors (Lipinski definition) is 4. The van der Waals surface area contributed by atoms with Gasteiger partial charge >= 0.3 is 5.97 Å². The largest absolute Gasteiger partial charge is 0.504 e. The molecule has 0 spiro atoms. The van der Waals surface area contributed by atoms with E-state index in [1.165, 1.54) is 7.11 Å². The molecule has 1 heterocycles. The number of carboxylic acids is 1. The maximum Gasteiger partial charge on any atom is 0.306 e. The Labute approximate surface area is 118 Å². The molecule has 0 aliphatic carbocycles. The lowest BCUT2D eigenvalue weighted by Crippen LogP contribution is -2.42. The Morgan fingerprint density at radius 1 is 1.50 bits per heavy atom. The fraction of sp³-hybridized carbons (Fsp3) is 0.533. The highest BCUT2D eigenvalue weighted by Crippen LogP contribution is 2.29. The molecule has 0 bridgehead atoms. The van der Waals surface area contributed by atoms with Gasteiger partial charge in [0, 0.05) is 12.6 Å². The number of nitrogens with zero attached hydrogens (tertiary/aromatic N) is 1. The standard InChI is InChI=1S/C15H21NO4/c1-10-7-12(15(18)19)5-6-16(10)9-11-3-4-13(17)14(8-11)20-2/h3-4,8,10,12,17H,5-7,9H2,1-2H3,(H,18,19). The van der Waals surface area contributed by atoms with Crippen LogP contribution in [0.5, 0.6) is 11.5 Å². The molecule has 2 rings (SSSR count). The van der Waals surface area contributed by atoms with Gasteiger partial charge in [-0.1, -0.05) is 6.07 Å². The molecule has 110 valence electrons. The van der Waals surface area contributed by atoms with Crippen LogP contribution in [-0.4, -0.2) is 40.8 Å². The van der Waals surface area contributed by atoms with Crippen molar-refractivity contribution in [2.75, 3.05) is 13.7 Å². The van der Waals surface area contributed by atoms with Crippen LogP contribution in [0.15, 0.2) is 18.2 Å². The van der Waals surface area contributed by atoms with Gasteiger partial charge in [-0.15, -0.1) is 0 Å². The normalized spacial score (nSPS) is 23.5. The average molecular weight is 279 g/mol. The average Bonchev–Trinajstić information content (AvgIpc) is 2.42. The molecule has 2 N–H and O–H groups in total. The zero-order valence-electron chi connectivity index (χ0n) is 11.9. The topological polar surface area (TPSA) is 70.0 Å². The van der Waals surface area contributed by atoms with E-state index >= 15 is 0 Å². The van der Waals surface area contributed by atoms with Crippen molar-refractivity contribution in [3.8, 4) is 11.5 Å². The number of phenols is 1. The number of hydrogen-bond donors (Lipinski definition) is 2. The van der Waals surface area contributed by atoms with Gasteiger partial charge < -0.3 is 14.9 Å². The molecule has 1 aromatic rings. The highest BCUT2D eigenvalue weighted by atomic mass is 16.5. The molecule has 20 heavy (non-hydrogen) atoms. The van der Waals surface area contributed by atoms with Gasteiger partial charge in [0.25, 0.3) is 0 Å². The third kappa shape index (κ3) is 3.22. The molecule has 2 atom stereocenters. The molecule has 5 heteroatoms. The van der Waals surface area contributed by atoms with Crippen molar-refractivity contribution in [1.29, 1.82) is 0 Å². The summed E-state index contributed by atoms with van der Waals surface area (Å²) in [6.07, 6.45) is 1.37. The van der Waals surface area contributed by atoms with E-state index in [4.69, 9.17) is 9.84 Å². The summed E-state index contributed by atoms with van der Waals surface area (Å²) in [4.78, 5) is 13.3. The fourth-order valence-corrected chi connectivity index (χ4v) is 2.73. The van der Waals surface area contributed by atoms with Crippen LogP contribution in [0.3, 0.4) is 0 Å². The predicted octanol–water partition coefficient (Wildman–Crippen LogP) is 2.09. The molecule has 1 saturated heterocycles. The van der Waals surface area contributed by atoms with E-state index in [0.717, 1.165) is 18.7 Å². The number of carboxylic acid groups (broad SMARTS) is 1. The Morgan fingerprint density at radius 3 is 2.85 bits per heavy atom. The molecular formula is C15H21NO4. The van der Waals surface area contributed by atoms with Crippen LogP contribution in [0.4, 0.5) is 0 Å². The molecule has 0 saturated carbocycles. The summed E-state index contributed by atoms with van der Waals surface area (Å²) in [6, 6.07) is 5.56. The van der Waals surface area contributed by atoms with Gasteiger partial charge in [0.2, 0.25) is 0 Å². The van der Waals surface area contributed by atoms with Crippen molar-refractivity contribution < 1.29 is 19.7 Å². The highest BCUT2D eigenvalue weighted by Gasteiger charge is 2.29. The summed E-state index contributed by atoms with van der Waals surface area (Å²) in [6.45, 7) is 3.58. The van der Waals surface area contributed by atoms with E-state index in [0.29, 0.717) is 18.6 Å². The Bertz CT molecular complexity index is 489. The summed E-state index contributed by atoms with van der Waals surface area (Å²) in [5.41, 5.74) is 1.06. The zero-order chi connectivity index (χ0) is 14.7. The van der Waals surface area contributed by atoms with E-state index in [1.807, 2.05) is 12.1 Å². The molecule has 1 aromatic carbocycles. The quantitative estimate of drug-likeness (QED) is 0.883. The van der Waals surface area contributed by atoms with Gasteiger partial charge in [0.1, 0.15) is 0 Å². The first kappa shape index (κ1) is 14.7. The van der Waals surface area contributed by atoms with Crippen LogP contribution in [0.2, 0.25) is 0 Å². The van der Waals surface area contributed by atoms with Crippen molar-refractivity contribution in [3.05, 3.63) is 23.8 Å². The molecule has 1 fully saturated rings. The molecule has 1 aliphatic heterocycles. The van der Waals surface area contributed by atoms with Crippen LogP contribution >= 0.6 is 0 Å². The van der Waals surface area contributed by atoms with Gasteiger partial charge in [0.05, 0.1) is 13.0 Å². The second-order valence-electron chi connectivity index (χ2n) is 5.39. The number of methoxy groups -OCH3 is 1. The zero-order valence-corrected chi connectivity index (χ0v) is 11.9. The minimum atomic E-state index is -0.692. The van der Waals surface area contributed by atoms with Crippen LogP contribution in [0.1, 0.15) is 25.3 Å². The lowest BCUT2D eigenvalue weighted by atomic mass is 9.91. The number of aromatic hydroxyl groups is 1. The molecule has 1 aliphatic rings. The summed E-state index contributed by atoms with van der Waals surface area (Å²) in [5, 5.41) is 18.7. The SMILES string of the molecule is COc1cc(CN2CCC(C(=O)O)CC2C)ccc1O. The number of carbonyl (C=O) groups is 1. The van der Waals surface area contributed by atoms with Gasteiger partial charge in [-0.25, -0.2) is 0 Å². The van der Waals surface area contributed by atoms with E-state index < -0.39 is 5.97 Å². The number of benzene rings is 1. The van der Waals surface area contributed by atoms with Gasteiger partial charge in [-0.3, -0.25) is 9.69 Å². The van der Waals surface area contributed by atoms with Crippen molar-refractivity contribution in [2.24, 2.45) is 5.92 Å². The summed E-state index contributed by atoms with van der Waals surface area (Å²) < 4.78 is 5.10. The van der Waals surface area contributed by atoms with Crippen molar-refractivity contribution in [2.45, 2.75) is 32.4 Å². The molecule has 2 unspecified atom stereocenters. The number of aliphatic carboxylic acids is 1. The van der Waals surface area contributed by atoms with Crippen molar-refractivity contribution >= 4 is 5.97 Å². The summed E-state index contributed by atoms with van der Waals surface area (Å²) >= 11 is 0. The molecular weight excluding hydrogens is 258 g/mol. The third-order valence-corrected chi connectivity index (χ3v) is 3.99. The first-order chi connectivity index (χ1) is 9.51. The maximum atomic E-state index is 11.0. The number of rotatable bonds is 4. The highest BCUT2D eigenvalue weighted by molar-refractivity contribution is 5.70. The summed E-state index contributed by atoms with van der Waals surface area (Å²) in [7, 11) is 1.53. The van der Waals surface area contributed by atoms with Crippen molar-refractivity contribution in [1.82, 2.24) is 4.90 Å².